The van der Waals surface area contributed by atoms with Gasteiger partial charge in [-0.3, -0.25) is 0 Å². The van der Waals surface area contributed by atoms with E-state index < -0.39 is 0 Å². The van der Waals surface area contributed by atoms with Crippen molar-refractivity contribution in [1.82, 2.24) is 0 Å². The number of ether oxygens (including phenoxy) is 1. The van der Waals surface area contributed by atoms with Crippen molar-refractivity contribution in [2.24, 2.45) is 0 Å². The van der Waals surface area contributed by atoms with Crippen molar-refractivity contribution in [2.75, 3.05) is 0 Å². The number of hydrogen-bond acceptors (Lipinski definition) is 1. The second-order valence-corrected chi connectivity index (χ2v) is 4.87. The highest BCUT2D eigenvalue weighted by Crippen LogP contribution is 2.29. The molecule has 0 aromatic heterocycles. The fraction of sp³-hybridized carbons (Fsp3) is 0.143. The lowest BCUT2D eigenvalue weighted by molar-refractivity contribution is 0.478. The average molecular weight is 324 g/mol. The van der Waals surface area contributed by atoms with E-state index in [2.05, 4.69) is 42.5 Å². The van der Waals surface area contributed by atoms with E-state index in [9.17, 15) is 0 Å². The zero-order chi connectivity index (χ0) is 11.5. The molecule has 0 saturated heterocycles. The van der Waals surface area contributed by atoms with E-state index in [0.29, 0.717) is 0 Å². The maximum absolute atomic E-state index is 5.84. The van der Waals surface area contributed by atoms with Crippen molar-refractivity contribution < 1.29 is 4.74 Å². The summed E-state index contributed by atoms with van der Waals surface area (Å²) in [6, 6.07) is 14.0. The molecule has 0 aliphatic rings. The first-order chi connectivity index (χ1) is 7.68. The molecule has 16 heavy (non-hydrogen) atoms. The van der Waals surface area contributed by atoms with Gasteiger partial charge in [-0.1, -0.05) is 18.2 Å². The topological polar surface area (TPSA) is 9.23 Å². The molecule has 82 valence electrons. The van der Waals surface area contributed by atoms with Gasteiger partial charge in [0.2, 0.25) is 0 Å². The van der Waals surface area contributed by atoms with Crippen LogP contribution in [0, 0.1) is 17.4 Å². The summed E-state index contributed by atoms with van der Waals surface area (Å²) in [5, 5.41) is 0. The Hall–Kier alpha value is -1.03. The molecule has 0 aliphatic heterocycles. The lowest BCUT2D eigenvalue weighted by atomic mass is 10.1. The van der Waals surface area contributed by atoms with E-state index in [0.717, 1.165) is 11.5 Å². The van der Waals surface area contributed by atoms with Gasteiger partial charge in [-0.15, -0.1) is 0 Å². The lowest BCUT2D eigenvalue weighted by Gasteiger charge is -2.11. The Kier molecular flexibility index (Phi) is 3.49. The van der Waals surface area contributed by atoms with E-state index in [1.54, 1.807) is 0 Å². The van der Waals surface area contributed by atoms with Crippen molar-refractivity contribution in [3.8, 4) is 11.5 Å². The van der Waals surface area contributed by atoms with Gasteiger partial charge in [-0.25, -0.2) is 0 Å². The molecule has 0 amide bonds. The number of benzene rings is 2. The lowest BCUT2D eigenvalue weighted by Crippen LogP contribution is -1.92. The fourth-order valence-corrected chi connectivity index (χ4v) is 2.07. The van der Waals surface area contributed by atoms with Crippen LogP contribution in [-0.4, -0.2) is 0 Å². The second-order valence-electron chi connectivity index (χ2n) is 3.71. The molecule has 0 unspecified atom stereocenters. The van der Waals surface area contributed by atoms with Crippen molar-refractivity contribution in [1.29, 1.82) is 0 Å². The number of rotatable bonds is 2. The first-order valence-electron chi connectivity index (χ1n) is 5.17. The van der Waals surface area contributed by atoms with Crippen LogP contribution in [0.3, 0.4) is 0 Å². The first kappa shape index (κ1) is 11.5. The monoisotopic (exact) mass is 324 g/mol. The molecule has 0 radical (unpaired) electrons. The molecule has 0 bridgehead atoms. The molecule has 0 atom stereocenters. The van der Waals surface area contributed by atoms with Crippen LogP contribution in [0.1, 0.15) is 11.1 Å². The highest BCUT2D eigenvalue weighted by atomic mass is 127. The molecule has 2 aromatic rings. The van der Waals surface area contributed by atoms with Crippen molar-refractivity contribution in [2.45, 2.75) is 13.8 Å². The maximum Gasteiger partial charge on any atom is 0.130 e. The van der Waals surface area contributed by atoms with Gasteiger partial charge in [0, 0.05) is 3.57 Å². The third-order valence-corrected chi connectivity index (χ3v) is 3.81. The summed E-state index contributed by atoms with van der Waals surface area (Å²) in [6.07, 6.45) is 0. The van der Waals surface area contributed by atoms with Crippen LogP contribution in [0.2, 0.25) is 0 Å². The molecule has 2 rings (SSSR count). The minimum atomic E-state index is 0.881. The predicted molar refractivity (Wildman–Crippen MR) is 75.1 cm³/mol. The highest BCUT2D eigenvalue weighted by molar-refractivity contribution is 14.1. The SMILES string of the molecule is Cc1c(I)ccc(Oc2ccccc2)c1C. The second kappa shape index (κ2) is 4.87. The Labute approximate surface area is 110 Å². The molecule has 2 heteroatoms. The van der Waals surface area contributed by atoms with Gasteiger partial charge in [0.15, 0.2) is 0 Å². The molecular formula is C14H13IO. The van der Waals surface area contributed by atoms with E-state index in [-0.39, 0.29) is 0 Å². The summed E-state index contributed by atoms with van der Waals surface area (Å²) in [4.78, 5) is 0. The van der Waals surface area contributed by atoms with Gasteiger partial charge in [0.05, 0.1) is 0 Å². The molecule has 2 aromatic carbocycles. The van der Waals surface area contributed by atoms with Crippen LogP contribution in [0.5, 0.6) is 11.5 Å². The summed E-state index contributed by atoms with van der Waals surface area (Å²) in [5.41, 5.74) is 2.49. The van der Waals surface area contributed by atoms with Crippen LogP contribution in [0.15, 0.2) is 42.5 Å². The summed E-state index contributed by atoms with van der Waals surface area (Å²) in [5.74, 6) is 1.82. The Morgan fingerprint density at radius 3 is 2.25 bits per heavy atom. The van der Waals surface area contributed by atoms with Crippen LogP contribution < -0.4 is 4.74 Å². The molecule has 0 N–H and O–H groups in total. The van der Waals surface area contributed by atoms with E-state index in [4.69, 9.17) is 4.74 Å². The average Bonchev–Trinajstić information content (AvgIpc) is 2.31. The summed E-state index contributed by atoms with van der Waals surface area (Å²) >= 11 is 2.34. The van der Waals surface area contributed by atoms with Crippen molar-refractivity contribution in [3.63, 3.8) is 0 Å². The molecule has 0 saturated carbocycles. The third kappa shape index (κ3) is 2.38. The zero-order valence-corrected chi connectivity index (χ0v) is 11.5. The quantitative estimate of drug-likeness (QED) is 0.728. The summed E-state index contributed by atoms with van der Waals surface area (Å²) in [6.45, 7) is 4.21. The minimum absolute atomic E-state index is 0.881. The van der Waals surface area contributed by atoms with Gasteiger partial charge in [0.25, 0.3) is 0 Å². The Balaban J connectivity index is 2.33. The third-order valence-electron chi connectivity index (χ3n) is 2.64. The van der Waals surface area contributed by atoms with Crippen molar-refractivity contribution in [3.05, 3.63) is 57.2 Å². The van der Waals surface area contributed by atoms with Gasteiger partial charge in [-0.2, -0.15) is 0 Å². The Bertz CT molecular complexity index is 492. The highest BCUT2D eigenvalue weighted by Gasteiger charge is 2.06. The van der Waals surface area contributed by atoms with Crippen LogP contribution in [0.25, 0.3) is 0 Å². The fourth-order valence-electron chi connectivity index (χ4n) is 1.49. The zero-order valence-electron chi connectivity index (χ0n) is 9.33. The minimum Gasteiger partial charge on any atom is -0.457 e. The van der Waals surface area contributed by atoms with Crippen molar-refractivity contribution >= 4 is 22.6 Å². The molecule has 0 heterocycles. The first-order valence-corrected chi connectivity index (χ1v) is 6.25. The summed E-state index contributed by atoms with van der Waals surface area (Å²) in [7, 11) is 0. The molecule has 1 nitrogen and oxygen atoms in total. The Morgan fingerprint density at radius 1 is 0.875 bits per heavy atom. The van der Waals surface area contributed by atoms with Crippen LogP contribution in [0.4, 0.5) is 0 Å². The van der Waals surface area contributed by atoms with Crippen LogP contribution >= 0.6 is 22.6 Å². The molecule has 0 aliphatic carbocycles. The van der Waals surface area contributed by atoms with Gasteiger partial charge < -0.3 is 4.74 Å². The smallest absolute Gasteiger partial charge is 0.130 e. The summed E-state index contributed by atoms with van der Waals surface area (Å²) < 4.78 is 7.12. The van der Waals surface area contributed by atoms with Gasteiger partial charge >= 0.3 is 0 Å². The Morgan fingerprint density at radius 2 is 1.56 bits per heavy atom. The number of hydrogen-bond donors (Lipinski definition) is 0. The number of para-hydroxylation sites is 1. The predicted octanol–water partition coefficient (Wildman–Crippen LogP) is 4.70. The van der Waals surface area contributed by atoms with Crippen LogP contribution in [-0.2, 0) is 0 Å². The molecule has 0 fully saturated rings. The van der Waals surface area contributed by atoms with E-state index in [1.165, 1.54) is 14.7 Å². The molecular weight excluding hydrogens is 311 g/mol. The standard InChI is InChI=1S/C14H13IO/c1-10-11(2)14(9-8-13(10)15)16-12-6-4-3-5-7-12/h3-9H,1-2H3. The van der Waals surface area contributed by atoms with E-state index >= 15 is 0 Å². The molecule has 0 spiro atoms. The van der Waals surface area contributed by atoms with Gasteiger partial charge in [0.1, 0.15) is 11.5 Å². The largest absolute Gasteiger partial charge is 0.457 e. The maximum atomic E-state index is 5.84. The number of halogens is 1. The normalized spacial score (nSPS) is 10.2. The van der Waals surface area contributed by atoms with Gasteiger partial charge in [-0.05, 0) is 71.8 Å². The van der Waals surface area contributed by atoms with E-state index in [1.807, 2.05) is 36.4 Å².